The zero-order chi connectivity index (χ0) is 25.7. The van der Waals surface area contributed by atoms with Gasteiger partial charge >= 0.3 is 0 Å². The van der Waals surface area contributed by atoms with E-state index in [2.05, 4.69) is 22.1 Å². The highest BCUT2D eigenvalue weighted by Crippen LogP contribution is 2.32. The monoisotopic (exact) mass is 510 g/mol. The number of aromatic nitrogens is 2. The van der Waals surface area contributed by atoms with Crippen LogP contribution in [-0.4, -0.2) is 52.1 Å². The van der Waals surface area contributed by atoms with E-state index in [4.69, 9.17) is 22.1 Å². The van der Waals surface area contributed by atoms with Crippen LogP contribution in [0.25, 0.3) is 10.9 Å². The SMILES string of the molecule is CC(C)n1ncc2ccc(C(=O)C(N)=O)cc21.Clc1cc(CCCN2CCCC2)ccc1OC1CC1. The van der Waals surface area contributed by atoms with E-state index in [0.29, 0.717) is 11.7 Å². The highest BCUT2D eigenvalue weighted by molar-refractivity contribution is 6.42. The molecule has 2 N–H and O–H groups in total. The standard InChI is InChI=1S/C16H22ClNO.C12H13N3O2/c17-15-12-13(4-3-11-18-9-1-2-10-18)5-8-16(15)19-14-6-7-14;1-7(2)15-10-5-8(11(16)12(13)17)3-4-9(10)6-14-15/h5,8,12,14H,1-4,6-7,9-11H2;3-7H,1-2H3,(H2,13,17). The lowest BCUT2D eigenvalue weighted by Gasteiger charge is -2.14. The Hall–Kier alpha value is -2.90. The molecule has 1 amide bonds. The van der Waals surface area contributed by atoms with Crippen LogP contribution in [0.2, 0.25) is 5.02 Å². The average molecular weight is 511 g/mol. The number of ether oxygens (including phenoxy) is 1. The minimum Gasteiger partial charge on any atom is -0.489 e. The van der Waals surface area contributed by atoms with Gasteiger partial charge in [-0.15, -0.1) is 0 Å². The average Bonchev–Trinajstić information content (AvgIpc) is 3.33. The number of hydrogen-bond acceptors (Lipinski definition) is 5. The number of Topliss-reactive ketones (excluding diaryl/α,β-unsaturated/α-hetero) is 1. The van der Waals surface area contributed by atoms with E-state index >= 15 is 0 Å². The molecule has 0 bridgehead atoms. The van der Waals surface area contributed by atoms with Crippen molar-refractivity contribution in [3.63, 3.8) is 0 Å². The molecule has 5 rings (SSSR count). The first-order valence-electron chi connectivity index (χ1n) is 12.8. The number of hydrogen-bond donors (Lipinski definition) is 1. The Balaban J connectivity index is 0.000000170. The number of carbonyl (C=O) groups is 2. The van der Waals surface area contributed by atoms with Crippen molar-refractivity contribution in [2.45, 2.75) is 64.5 Å². The number of carbonyl (C=O) groups excluding carboxylic acids is 2. The molecule has 0 unspecified atom stereocenters. The fourth-order valence-corrected chi connectivity index (χ4v) is 4.65. The largest absolute Gasteiger partial charge is 0.489 e. The summed E-state index contributed by atoms with van der Waals surface area (Å²) in [6.45, 7) is 7.78. The molecule has 1 aromatic heterocycles. The summed E-state index contributed by atoms with van der Waals surface area (Å²) < 4.78 is 7.56. The number of primary amides is 1. The molecule has 2 aliphatic rings. The summed E-state index contributed by atoms with van der Waals surface area (Å²) in [7, 11) is 0. The van der Waals surface area contributed by atoms with E-state index < -0.39 is 11.7 Å². The number of halogens is 1. The Morgan fingerprint density at radius 2 is 1.89 bits per heavy atom. The number of aryl methyl sites for hydroxylation is 1. The van der Waals surface area contributed by atoms with E-state index in [1.807, 2.05) is 19.9 Å². The molecule has 1 saturated carbocycles. The lowest BCUT2D eigenvalue weighted by molar-refractivity contribution is -0.114. The predicted molar refractivity (Wildman–Crippen MR) is 143 cm³/mol. The van der Waals surface area contributed by atoms with E-state index in [-0.39, 0.29) is 6.04 Å². The van der Waals surface area contributed by atoms with Crippen molar-refractivity contribution in [2.75, 3.05) is 19.6 Å². The molecular formula is C28H35ClN4O3. The van der Waals surface area contributed by atoms with Gasteiger partial charge in [0.1, 0.15) is 5.75 Å². The summed E-state index contributed by atoms with van der Waals surface area (Å²) in [5.41, 5.74) is 7.43. The Labute approximate surface area is 217 Å². The Morgan fingerprint density at radius 1 is 1.14 bits per heavy atom. The predicted octanol–water partition coefficient (Wildman–Crippen LogP) is 5.19. The van der Waals surface area contributed by atoms with Crippen molar-refractivity contribution >= 4 is 34.2 Å². The summed E-state index contributed by atoms with van der Waals surface area (Å²) in [5, 5.41) is 5.93. The van der Waals surface area contributed by atoms with E-state index in [1.54, 1.807) is 29.1 Å². The number of nitrogens with two attached hydrogens (primary N) is 1. The van der Waals surface area contributed by atoms with Gasteiger partial charge in [-0.1, -0.05) is 29.8 Å². The molecule has 1 saturated heterocycles. The van der Waals surface area contributed by atoms with Crippen LogP contribution in [-0.2, 0) is 11.2 Å². The van der Waals surface area contributed by atoms with Crippen LogP contribution in [0.3, 0.4) is 0 Å². The van der Waals surface area contributed by atoms with Crippen LogP contribution in [0.5, 0.6) is 5.75 Å². The Bertz CT molecular complexity index is 1210. The second-order valence-electron chi connectivity index (χ2n) is 9.88. The van der Waals surface area contributed by atoms with Crippen molar-refractivity contribution in [3.05, 3.63) is 58.7 Å². The van der Waals surface area contributed by atoms with Crippen molar-refractivity contribution in [1.29, 1.82) is 0 Å². The van der Waals surface area contributed by atoms with Crippen molar-refractivity contribution in [3.8, 4) is 5.75 Å². The van der Waals surface area contributed by atoms with Crippen molar-refractivity contribution in [2.24, 2.45) is 5.73 Å². The fraction of sp³-hybridized carbons (Fsp3) is 0.464. The fourth-order valence-electron chi connectivity index (χ4n) is 4.41. The van der Waals surface area contributed by atoms with E-state index in [0.717, 1.165) is 28.1 Å². The Kier molecular flexibility index (Phi) is 8.64. The number of ketones is 1. The molecule has 3 aromatic rings. The molecule has 2 fully saturated rings. The maximum Gasteiger partial charge on any atom is 0.289 e. The normalized spacial score (nSPS) is 15.7. The Morgan fingerprint density at radius 3 is 2.53 bits per heavy atom. The van der Waals surface area contributed by atoms with Gasteiger partial charge in [-0.25, -0.2) is 0 Å². The molecule has 7 nitrogen and oxygen atoms in total. The number of rotatable bonds is 9. The second-order valence-corrected chi connectivity index (χ2v) is 10.3. The third-order valence-corrected chi connectivity index (χ3v) is 6.82. The van der Waals surface area contributed by atoms with Crippen LogP contribution < -0.4 is 10.5 Å². The van der Waals surface area contributed by atoms with Gasteiger partial charge in [-0.05, 0) is 95.8 Å². The van der Waals surface area contributed by atoms with Gasteiger partial charge in [0.25, 0.3) is 5.91 Å². The third kappa shape index (κ3) is 6.86. The molecule has 1 aliphatic heterocycles. The molecule has 192 valence electrons. The van der Waals surface area contributed by atoms with Crippen LogP contribution in [0.1, 0.15) is 67.9 Å². The smallest absolute Gasteiger partial charge is 0.289 e. The molecule has 2 aromatic carbocycles. The summed E-state index contributed by atoms with van der Waals surface area (Å²) >= 11 is 6.27. The number of nitrogens with zero attached hydrogens (tertiary/aromatic N) is 3. The van der Waals surface area contributed by atoms with Gasteiger partial charge in [-0.2, -0.15) is 5.10 Å². The highest BCUT2D eigenvalue weighted by atomic mass is 35.5. The number of amides is 1. The first-order chi connectivity index (χ1) is 17.3. The molecule has 0 atom stereocenters. The van der Waals surface area contributed by atoms with Crippen LogP contribution in [0.15, 0.2) is 42.6 Å². The van der Waals surface area contributed by atoms with Gasteiger partial charge in [-0.3, -0.25) is 14.3 Å². The molecule has 8 heteroatoms. The van der Waals surface area contributed by atoms with Gasteiger partial charge in [0.15, 0.2) is 0 Å². The van der Waals surface area contributed by atoms with E-state index in [1.165, 1.54) is 57.3 Å². The minimum absolute atomic E-state index is 0.187. The maximum absolute atomic E-state index is 11.5. The molecule has 36 heavy (non-hydrogen) atoms. The quantitative estimate of drug-likeness (QED) is 0.316. The summed E-state index contributed by atoms with van der Waals surface area (Å²) in [6.07, 6.45) is 9.57. The van der Waals surface area contributed by atoms with Crippen molar-refractivity contribution in [1.82, 2.24) is 14.7 Å². The summed E-state index contributed by atoms with van der Waals surface area (Å²) in [5.74, 6) is -0.768. The number of benzene rings is 2. The first-order valence-corrected chi connectivity index (χ1v) is 13.2. The van der Waals surface area contributed by atoms with Gasteiger partial charge in [0, 0.05) is 17.0 Å². The van der Waals surface area contributed by atoms with Crippen LogP contribution in [0.4, 0.5) is 0 Å². The zero-order valence-electron chi connectivity index (χ0n) is 21.1. The molecule has 0 spiro atoms. The van der Waals surface area contributed by atoms with Crippen LogP contribution >= 0.6 is 11.6 Å². The third-order valence-electron chi connectivity index (χ3n) is 6.53. The van der Waals surface area contributed by atoms with E-state index in [9.17, 15) is 9.59 Å². The van der Waals surface area contributed by atoms with Gasteiger partial charge in [0.2, 0.25) is 5.78 Å². The van der Waals surface area contributed by atoms with Gasteiger partial charge < -0.3 is 15.4 Å². The molecule has 1 aliphatic carbocycles. The first kappa shape index (κ1) is 26.2. The number of likely N-dealkylation sites (tertiary alicyclic amines) is 1. The van der Waals surface area contributed by atoms with Crippen LogP contribution in [0, 0.1) is 0 Å². The minimum atomic E-state index is -0.944. The van der Waals surface area contributed by atoms with Crippen molar-refractivity contribution < 1.29 is 14.3 Å². The molecule has 0 radical (unpaired) electrons. The summed E-state index contributed by atoms with van der Waals surface area (Å²) in [6, 6.07) is 11.4. The molecule has 2 heterocycles. The topological polar surface area (TPSA) is 90.4 Å². The number of fused-ring (bicyclic) bond motifs is 1. The lowest BCUT2D eigenvalue weighted by Crippen LogP contribution is -2.23. The summed E-state index contributed by atoms with van der Waals surface area (Å²) in [4.78, 5) is 24.9. The zero-order valence-corrected chi connectivity index (χ0v) is 21.8. The highest BCUT2D eigenvalue weighted by Gasteiger charge is 2.24. The second kappa shape index (κ2) is 11.9. The lowest BCUT2D eigenvalue weighted by atomic mass is 10.1. The maximum atomic E-state index is 11.5. The molecular weight excluding hydrogens is 476 g/mol. The van der Waals surface area contributed by atoms with Gasteiger partial charge in [0.05, 0.1) is 22.8 Å².